The molecule has 7 rings (SSSR count). The average Bonchev–Trinajstić information content (AvgIpc) is 3.51. The van der Waals surface area contributed by atoms with Gasteiger partial charge in [0.15, 0.2) is 24.0 Å². The van der Waals surface area contributed by atoms with Gasteiger partial charge in [-0.3, -0.25) is 9.52 Å². The van der Waals surface area contributed by atoms with Gasteiger partial charge in [0.05, 0.1) is 4.90 Å². The summed E-state index contributed by atoms with van der Waals surface area (Å²) in [5, 5.41) is 2.87. The lowest BCUT2D eigenvalue weighted by Crippen LogP contribution is -2.58. The van der Waals surface area contributed by atoms with Crippen LogP contribution in [0.1, 0.15) is 64.2 Å². The van der Waals surface area contributed by atoms with Crippen molar-refractivity contribution in [2.45, 2.75) is 111 Å². The first-order valence-electron chi connectivity index (χ1n) is 14.6. The molecule has 4 heterocycles. The predicted octanol–water partition coefficient (Wildman–Crippen LogP) is 4.07. The number of hydrogen-bond acceptors (Lipinski definition) is 9. The lowest BCUT2D eigenvalue weighted by molar-refractivity contribution is -0.246. The highest BCUT2D eigenvalue weighted by Gasteiger charge is 2.65. The number of nitrogens with zero attached hydrogens (tertiary/aromatic N) is 1. The Morgan fingerprint density at radius 1 is 0.780 bits per heavy atom. The number of carbonyl (C=O) groups is 1. The van der Waals surface area contributed by atoms with Crippen molar-refractivity contribution in [3.05, 3.63) is 48.7 Å². The van der Waals surface area contributed by atoms with Crippen molar-refractivity contribution >= 4 is 27.4 Å². The molecule has 3 saturated heterocycles. The maximum absolute atomic E-state index is 13.7. The van der Waals surface area contributed by atoms with Crippen LogP contribution in [0.4, 0.5) is 11.5 Å². The number of ether oxygens (including phenoxy) is 5. The Morgan fingerprint density at radius 2 is 1.41 bits per heavy atom. The van der Waals surface area contributed by atoms with Crippen LogP contribution >= 0.6 is 0 Å². The topological polar surface area (TPSA) is 134 Å². The van der Waals surface area contributed by atoms with Gasteiger partial charge in [0.1, 0.15) is 24.1 Å². The van der Waals surface area contributed by atoms with Crippen LogP contribution in [0.5, 0.6) is 0 Å². The van der Waals surface area contributed by atoms with Gasteiger partial charge in [-0.2, -0.15) is 0 Å². The molecule has 11 nitrogen and oxygen atoms in total. The van der Waals surface area contributed by atoms with Crippen LogP contribution in [0.15, 0.2) is 53.6 Å². The van der Waals surface area contributed by atoms with Gasteiger partial charge in [-0.1, -0.05) is 18.9 Å². The molecular weight excluding hydrogens is 550 g/mol. The second-order valence-corrected chi connectivity index (χ2v) is 13.2. The van der Waals surface area contributed by atoms with E-state index < -0.39 is 58.2 Å². The van der Waals surface area contributed by atoms with Gasteiger partial charge in [-0.25, -0.2) is 13.4 Å². The SMILES string of the molecule is O=C(Nc1ccc(S(=O)(=O)Nc2ccccn2)cc1)[C@@H]1O[C@@H]2OC3(CCCCC3)O[C@@H]2[C@@H]2OC3(CCCCC3)O[C@@H]21. The van der Waals surface area contributed by atoms with Crippen molar-refractivity contribution in [2.75, 3.05) is 10.0 Å². The first-order chi connectivity index (χ1) is 19.8. The first kappa shape index (κ1) is 27.2. The van der Waals surface area contributed by atoms with E-state index in [4.69, 9.17) is 23.7 Å². The van der Waals surface area contributed by atoms with Gasteiger partial charge in [-0.05, 0) is 62.1 Å². The molecule has 1 aromatic heterocycles. The molecular formula is C29H35N3O8S. The van der Waals surface area contributed by atoms with E-state index in [1.165, 1.54) is 30.5 Å². The molecule has 2 N–H and O–H groups in total. The Bertz CT molecular complexity index is 1360. The second-order valence-electron chi connectivity index (χ2n) is 11.6. The molecule has 2 spiro atoms. The summed E-state index contributed by atoms with van der Waals surface area (Å²) in [4.78, 5) is 17.7. The van der Waals surface area contributed by atoms with Gasteiger partial charge in [-0.15, -0.1) is 0 Å². The molecule has 3 aliphatic heterocycles. The molecule has 220 valence electrons. The zero-order valence-corrected chi connectivity index (χ0v) is 23.5. The number of benzene rings is 1. The lowest BCUT2D eigenvalue weighted by Gasteiger charge is -2.36. The Kier molecular flexibility index (Phi) is 7.03. The largest absolute Gasteiger partial charge is 0.341 e. The highest BCUT2D eigenvalue weighted by molar-refractivity contribution is 7.92. The molecule has 1 amide bonds. The number of sulfonamides is 1. The highest BCUT2D eigenvalue weighted by atomic mass is 32.2. The minimum atomic E-state index is -3.85. The van der Waals surface area contributed by atoms with Crippen LogP contribution in [0.25, 0.3) is 0 Å². The number of amides is 1. The van der Waals surface area contributed by atoms with E-state index in [0.29, 0.717) is 5.69 Å². The summed E-state index contributed by atoms with van der Waals surface area (Å²) >= 11 is 0. The van der Waals surface area contributed by atoms with Crippen LogP contribution in [-0.4, -0.2) is 61.6 Å². The van der Waals surface area contributed by atoms with Gasteiger partial charge in [0.25, 0.3) is 15.9 Å². The third-order valence-corrected chi connectivity index (χ3v) is 10.1. The van der Waals surface area contributed by atoms with E-state index in [2.05, 4.69) is 15.0 Å². The van der Waals surface area contributed by atoms with Crippen LogP contribution in [0.2, 0.25) is 0 Å². The quantitative estimate of drug-likeness (QED) is 0.533. The summed E-state index contributed by atoms with van der Waals surface area (Å²) in [6.07, 6.45) is 7.56. The Hall–Kier alpha value is -2.61. The van der Waals surface area contributed by atoms with Crippen LogP contribution in [-0.2, 0) is 38.5 Å². The highest BCUT2D eigenvalue weighted by Crippen LogP contribution is 2.51. The molecule has 5 atom stereocenters. The van der Waals surface area contributed by atoms with Crippen LogP contribution in [0.3, 0.4) is 0 Å². The fraction of sp³-hybridized carbons (Fsp3) is 0.586. The number of aromatic nitrogens is 1. The predicted molar refractivity (Wildman–Crippen MR) is 146 cm³/mol. The number of carbonyl (C=O) groups excluding carboxylic acids is 1. The third-order valence-electron chi connectivity index (χ3n) is 8.70. The fourth-order valence-electron chi connectivity index (χ4n) is 6.72. The van der Waals surface area contributed by atoms with Crippen LogP contribution in [0, 0.1) is 0 Å². The van der Waals surface area contributed by atoms with Crippen molar-refractivity contribution in [1.29, 1.82) is 0 Å². The van der Waals surface area contributed by atoms with Crippen molar-refractivity contribution in [3.8, 4) is 0 Å². The monoisotopic (exact) mass is 585 g/mol. The normalized spacial score (nSPS) is 31.9. The lowest BCUT2D eigenvalue weighted by atomic mass is 9.94. The van der Waals surface area contributed by atoms with Gasteiger partial charge in [0, 0.05) is 37.6 Å². The second kappa shape index (κ2) is 10.6. The standard InChI is InChI=1S/C29H35N3O8S/c33-26(31-19-10-12-20(13-11-19)41(34,35)32-21-9-3-8-18-30-21)24-22-23(38-28(37-22)14-4-1-5-15-28)25-27(36-24)40-29(39-25)16-6-2-7-17-29/h3,8-13,18,22-25,27H,1-2,4-7,14-17H2,(H,30,32)(H,31,33)/t22-,23+,24+,25+,27+/m0/s1. The summed E-state index contributed by atoms with van der Waals surface area (Å²) in [7, 11) is -3.85. The maximum atomic E-state index is 13.7. The molecule has 12 heteroatoms. The van der Waals surface area contributed by atoms with Gasteiger partial charge in [0.2, 0.25) is 0 Å². The minimum Gasteiger partial charge on any atom is -0.341 e. The molecule has 0 bridgehead atoms. The third kappa shape index (κ3) is 5.26. The molecule has 2 saturated carbocycles. The molecule has 2 aliphatic carbocycles. The average molecular weight is 586 g/mol. The van der Waals surface area contributed by atoms with Crippen LogP contribution < -0.4 is 10.0 Å². The van der Waals surface area contributed by atoms with Crippen molar-refractivity contribution in [3.63, 3.8) is 0 Å². The van der Waals surface area contributed by atoms with Gasteiger partial charge < -0.3 is 29.0 Å². The van der Waals surface area contributed by atoms with Gasteiger partial charge >= 0.3 is 0 Å². The number of fused-ring (bicyclic) bond motifs is 3. The minimum absolute atomic E-state index is 0.0408. The Morgan fingerprint density at radius 3 is 2.07 bits per heavy atom. The number of anilines is 2. The number of hydrogen-bond donors (Lipinski definition) is 2. The fourth-order valence-corrected chi connectivity index (χ4v) is 7.73. The molecule has 41 heavy (non-hydrogen) atoms. The zero-order chi connectivity index (χ0) is 28.1. The van der Waals surface area contributed by atoms with E-state index in [0.717, 1.165) is 64.2 Å². The number of pyridine rings is 1. The summed E-state index contributed by atoms with van der Waals surface area (Å²) in [5.74, 6) is -1.65. The molecule has 0 radical (unpaired) electrons. The van der Waals surface area contributed by atoms with E-state index in [1.54, 1.807) is 18.2 Å². The molecule has 5 aliphatic rings. The smallest absolute Gasteiger partial charge is 0.263 e. The number of nitrogens with one attached hydrogen (secondary N) is 2. The van der Waals surface area contributed by atoms with Crippen molar-refractivity contribution in [2.24, 2.45) is 0 Å². The summed E-state index contributed by atoms with van der Waals surface area (Å²) in [5.41, 5.74) is 0.424. The Balaban J connectivity index is 1.09. The summed E-state index contributed by atoms with van der Waals surface area (Å²) in [6.45, 7) is 0. The number of rotatable bonds is 5. The zero-order valence-electron chi connectivity index (χ0n) is 22.7. The maximum Gasteiger partial charge on any atom is 0.263 e. The molecule has 0 unspecified atom stereocenters. The first-order valence-corrected chi connectivity index (χ1v) is 16.0. The molecule has 5 fully saturated rings. The Labute approximate surface area is 239 Å². The summed E-state index contributed by atoms with van der Waals surface area (Å²) in [6, 6.07) is 10.9. The summed E-state index contributed by atoms with van der Waals surface area (Å²) < 4.78 is 60.3. The van der Waals surface area contributed by atoms with E-state index in [9.17, 15) is 13.2 Å². The van der Waals surface area contributed by atoms with E-state index in [1.807, 2.05) is 0 Å². The van der Waals surface area contributed by atoms with E-state index in [-0.39, 0.29) is 10.7 Å². The molecule has 2 aromatic rings. The van der Waals surface area contributed by atoms with Crippen molar-refractivity contribution < 1.29 is 36.9 Å². The van der Waals surface area contributed by atoms with E-state index >= 15 is 0 Å². The molecule has 1 aromatic carbocycles. The van der Waals surface area contributed by atoms with Crippen molar-refractivity contribution in [1.82, 2.24) is 4.98 Å².